The molecule has 3 aromatic rings. The number of hydrogen-bond acceptors (Lipinski definition) is 4. The summed E-state index contributed by atoms with van der Waals surface area (Å²) in [4.78, 5) is 11.8. The Labute approximate surface area is 110 Å². The summed E-state index contributed by atoms with van der Waals surface area (Å²) in [7, 11) is 0. The van der Waals surface area contributed by atoms with E-state index in [4.69, 9.17) is 5.73 Å². The van der Waals surface area contributed by atoms with Gasteiger partial charge in [0.05, 0.1) is 23.8 Å². The lowest BCUT2D eigenvalue weighted by atomic mass is 10.2. The van der Waals surface area contributed by atoms with Gasteiger partial charge in [0.15, 0.2) is 0 Å². The van der Waals surface area contributed by atoms with Gasteiger partial charge in [0, 0.05) is 23.0 Å². The Morgan fingerprint density at radius 3 is 2.74 bits per heavy atom. The summed E-state index contributed by atoms with van der Waals surface area (Å²) in [5.74, 6) is 0.235. The second-order valence-corrected chi connectivity index (χ2v) is 4.57. The zero-order valence-electron chi connectivity index (χ0n) is 10.5. The number of nitrogens with one attached hydrogen (secondary N) is 1. The molecule has 0 bridgehead atoms. The molecule has 0 aliphatic carbocycles. The van der Waals surface area contributed by atoms with Crippen molar-refractivity contribution < 1.29 is 5.11 Å². The van der Waals surface area contributed by atoms with Crippen molar-refractivity contribution in [3.05, 3.63) is 42.4 Å². The quantitative estimate of drug-likeness (QED) is 0.655. The predicted octanol–water partition coefficient (Wildman–Crippen LogP) is 2.35. The van der Waals surface area contributed by atoms with Crippen molar-refractivity contribution in [3.8, 4) is 17.1 Å². The van der Waals surface area contributed by atoms with E-state index in [-0.39, 0.29) is 11.8 Å². The topological polar surface area (TPSA) is 87.8 Å². The smallest absolute Gasteiger partial charge is 0.117 e. The summed E-state index contributed by atoms with van der Waals surface area (Å²) in [5.41, 5.74) is 8.99. The lowest BCUT2D eigenvalue weighted by Gasteiger charge is -2.03. The normalized spacial score (nSPS) is 12.7. The monoisotopic (exact) mass is 254 g/mol. The van der Waals surface area contributed by atoms with E-state index in [1.54, 1.807) is 24.5 Å². The van der Waals surface area contributed by atoms with E-state index in [0.29, 0.717) is 0 Å². The highest BCUT2D eigenvalue weighted by atomic mass is 16.3. The molecule has 0 radical (unpaired) electrons. The number of phenols is 1. The number of H-pyrrole nitrogens is 1. The van der Waals surface area contributed by atoms with Crippen LogP contribution in [-0.4, -0.2) is 20.1 Å². The zero-order valence-corrected chi connectivity index (χ0v) is 10.5. The summed E-state index contributed by atoms with van der Waals surface area (Å²) in [6.07, 6.45) is 3.38. The first-order valence-corrected chi connectivity index (χ1v) is 6.03. The highest BCUT2D eigenvalue weighted by Gasteiger charge is 2.07. The number of rotatable bonds is 2. The fraction of sp³-hybridized carbons (Fsp3) is 0.143. The van der Waals surface area contributed by atoms with Crippen LogP contribution < -0.4 is 5.73 Å². The van der Waals surface area contributed by atoms with E-state index >= 15 is 0 Å². The largest absolute Gasteiger partial charge is 0.508 e. The third-order valence-corrected chi connectivity index (χ3v) is 3.02. The fourth-order valence-corrected chi connectivity index (χ4v) is 1.97. The van der Waals surface area contributed by atoms with Crippen LogP contribution in [0, 0.1) is 0 Å². The minimum atomic E-state index is -0.124. The Hall–Kier alpha value is -2.40. The summed E-state index contributed by atoms with van der Waals surface area (Å²) in [6, 6.07) is 7.05. The van der Waals surface area contributed by atoms with Gasteiger partial charge in [-0.1, -0.05) is 0 Å². The van der Waals surface area contributed by atoms with E-state index in [1.807, 2.05) is 19.1 Å². The number of nitrogens with two attached hydrogens (primary N) is 1. The van der Waals surface area contributed by atoms with Gasteiger partial charge in [-0.05, 0) is 25.1 Å². The average molecular weight is 254 g/mol. The van der Waals surface area contributed by atoms with Gasteiger partial charge in [-0.3, -0.25) is 9.97 Å². The van der Waals surface area contributed by atoms with E-state index < -0.39 is 0 Å². The first kappa shape index (κ1) is 11.7. The second kappa shape index (κ2) is 4.37. The molecule has 4 N–H and O–H groups in total. The van der Waals surface area contributed by atoms with Crippen LogP contribution in [0.3, 0.4) is 0 Å². The molecule has 96 valence electrons. The van der Waals surface area contributed by atoms with Crippen molar-refractivity contribution in [2.24, 2.45) is 5.73 Å². The van der Waals surface area contributed by atoms with Gasteiger partial charge in [-0.15, -0.1) is 0 Å². The molecule has 2 heterocycles. The second-order valence-electron chi connectivity index (χ2n) is 4.57. The molecule has 5 heteroatoms. The molecule has 0 fully saturated rings. The number of hydrogen-bond donors (Lipinski definition) is 3. The first-order valence-electron chi connectivity index (χ1n) is 6.03. The molecular formula is C14H14N4O. The maximum absolute atomic E-state index is 9.45. The Balaban J connectivity index is 2.03. The van der Waals surface area contributed by atoms with Gasteiger partial charge in [0.2, 0.25) is 0 Å². The number of aromatic hydroxyl groups is 1. The highest BCUT2D eigenvalue weighted by molar-refractivity contribution is 5.86. The van der Waals surface area contributed by atoms with E-state index in [1.165, 1.54) is 0 Å². The summed E-state index contributed by atoms with van der Waals surface area (Å²) in [5, 5.41) is 10.5. The number of phenolic OH excluding ortho intramolecular Hbond substituents is 1. The third kappa shape index (κ3) is 2.15. The fourth-order valence-electron chi connectivity index (χ4n) is 1.97. The summed E-state index contributed by atoms with van der Waals surface area (Å²) < 4.78 is 0. The van der Waals surface area contributed by atoms with Crippen LogP contribution in [0.1, 0.15) is 18.7 Å². The SMILES string of the molecule is CC(N)c1cnc(-c2cc3ccc(O)cc3[nH]2)cn1. The van der Waals surface area contributed by atoms with Gasteiger partial charge in [-0.2, -0.15) is 0 Å². The van der Waals surface area contributed by atoms with Gasteiger partial charge < -0.3 is 15.8 Å². The molecule has 2 aromatic heterocycles. The molecule has 19 heavy (non-hydrogen) atoms. The number of aromatic nitrogens is 3. The van der Waals surface area contributed by atoms with Crippen LogP contribution in [0.5, 0.6) is 5.75 Å². The van der Waals surface area contributed by atoms with Crippen LogP contribution >= 0.6 is 0 Å². The van der Waals surface area contributed by atoms with Gasteiger partial charge in [0.1, 0.15) is 11.4 Å². The molecule has 0 spiro atoms. The van der Waals surface area contributed by atoms with Crippen LogP contribution in [0.2, 0.25) is 0 Å². The molecule has 1 unspecified atom stereocenters. The van der Waals surface area contributed by atoms with Crippen molar-refractivity contribution >= 4 is 10.9 Å². The number of nitrogens with zero attached hydrogens (tertiary/aromatic N) is 2. The standard InChI is InChI=1S/C14H14N4O/c1-8(15)13-6-17-14(7-16-13)12-4-9-2-3-10(19)5-11(9)18-12/h2-8,18-19H,15H2,1H3. The van der Waals surface area contributed by atoms with Crippen molar-refractivity contribution in [1.82, 2.24) is 15.0 Å². The Bertz CT molecular complexity index is 716. The summed E-state index contributed by atoms with van der Waals surface area (Å²) in [6.45, 7) is 1.87. The van der Waals surface area contributed by atoms with E-state index in [0.717, 1.165) is 28.0 Å². The first-order chi connectivity index (χ1) is 9.13. The van der Waals surface area contributed by atoms with E-state index in [2.05, 4.69) is 15.0 Å². The van der Waals surface area contributed by atoms with Crippen molar-refractivity contribution in [2.75, 3.05) is 0 Å². The minimum absolute atomic E-state index is 0.124. The highest BCUT2D eigenvalue weighted by Crippen LogP contribution is 2.25. The van der Waals surface area contributed by atoms with Crippen LogP contribution in [0.15, 0.2) is 36.7 Å². The van der Waals surface area contributed by atoms with Crippen molar-refractivity contribution in [3.63, 3.8) is 0 Å². The van der Waals surface area contributed by atoms with Gasteiger partial charge in [-0.25, -0.2) is 0 Å². The van der Waals surface area contributed by atoms with Crippen molar-refractivity contribution in [1.29, 1.82) is 0 Å². The minimum Gasteiger partial charge on any atom is -0.508 e. The van der Waals surface area contributed by atoms with Gasteiger partial charge in [0.25, 0.3) is 0 Å². The maximum Gasteiger partial charge on any atom is 0.117 e. The lowest BCUT2D eigenvalue weighted by Crippen LogP contribution is -2.07. The van der Waals surface area contributed by atoms with Crippen LogP contribution in [0.4, 0.5) is 0 Å². The number of aromatic amines is 1. The molecule has 0 aliphatic rings. The predicted molar refractivity (Wildman–Crippen MR) is 73.6 cm³/mol. The molecule has 0 saturated carbocycles. The average Bonchev–Trinajstić information content (AvgIpc) is 2.81. The summed E-state index contributed by atoms with van der Waals surface area (Å²) >= 11 is 0. The molecule has 0 aliphatic heterocycles. The third-order valence-electron chi connectivity index (χ3n) is 3.02. The lowest BCUT2D eigenvalue weighted by molar-refractivity contribution is 0.476. The van der Waals surface area contributed by atoms with E-state index in [9.17, 15) is 5.11 Å². The molecule has 3 rings (SSSR count). The molecular weight excluding hydrogens is 240 g/mol. The van der Waals surface area contributed by atoms with Crippen molar-refractivity contribution in [2.45, 2.75) is 13.0 Å². The zero-order chi connectivity index (χ0) is 13.4. The molecule has 0 amide bonds. The molecule has 1 atom stereocenters. The molecule has 1 aromatic carbocycles. The number of benzene rings is 1. The Morgan fingerprint density at radius 1 is 1.21 bits per heavy atom. The van der Waals surface area contributed by atoms with Gasteiger partial charge >= 0.3 is 0 Å². The Kier molecular flexibility index (Phi) is 2.68. The molecule has 5 nitrogen and oxygen atoms in total. The Morgan fingerprint density at radius 2 is 2.05 bits per heavy atom. The van der Waals surface area contributed by atoms with Crippen LogP contribution in [-0.2, 0) is 0 Å². The maximum atomic E-state index is 9.45. The molecule has 0 saturated heterocycles. The van der Waals surface area contributed by atoms with Crippen LogP contribution in [0.25, 0.3) is 22.3 Å². The number of fused-ring (bicyclic) bond motifs is 1.